The summed E-state index contributed by atoms with van der Waals surface area (Å²) in [5.74, 6) is 1.76. The molecule has 0 saturated carbocycles. The molecular weight excluding hydrogens is 398 g/mol. The minimum atomic E-state index is 0.251. The number of rotatable bonds is 7. The van der Waals surface area contributed by atoms with Crippen LogP contribution in [0.5, 0.6) is 0 Å². The molecule has 32 heavy (non-hydrogen) atoms. The van der Waals surface area contributed by atoms with Crippen molar-refractivity contribution in [1.29, 1.82) is 0 Å². The van der Waals surface area contributed by atoms with Gasteiger partial charge in [-0.05, 0) is 44.4 Å². The van der Waals surface area contributed by atoms with Gasteiger partial charge in [-0.1, -0.05) is 48.0 Å². The van der Waals surface area contributed by atoms with Gasteiger partial charge in [-0.3, -0.25) is 4.79 Å². The highest BCUT2D eigenvalue weighted by Crippen LogP contribution is 2.20. The molecule has 0 radical (unpaired) electrons. The molecule has 6 heteroatoms. The van der Waals surface area contributed by atoms with Crippen LogP contribution in [-0.2, 0) is 11.2 Å². The van der Waals surface area contributed by atoms with E-state index >= 15 is 0 Å². The summed E-state index contributed by atoms with van der Waals surface area (Å²) in [6, 6.07) is 20.6. The molecule has 0 bridgehead atoms. The molecule has 0 atom stereocenters. The summed E-state index contributed by atoms with van der Waals surface area (Å²) in [4.78, 5) is 26.1. The maximum Gasteiger partial charge on any atom is 0.229 e. The van der Waals surface area contributed by atoms with Crippen LogP contribution in [0.2, 0.25) is 0 Å². The molecule has 6 nitrogen and oxygen atoms in total. The van der Waals surface area contributed by atoms with Gasteiger partial charge in [0.15, 0.2) is 0 Å². The Hall–Kier alpha value is -3.41. The number of carbonyl (C=O) groups excluding carboxylic acids is 1. The zero-order valence-corrected chi connectivity index (χ0v) is 18.9. The first-order valence-electron chi connectivity index (χ1n) is 11.3. The van der Waals surface area contributed by atoms with Crippen molar-refractivity contribution in [3.8, 4) is 0 Å². The SMILES string of the molecule is Cc1ccc(Nc2nc(C)cc(N3CCN(C(=O)CCCc4ccccc4)CC3)n2)cc1. The lowest BCUT2D eigenvalue weighted by molar-refractivity contribution is -0.131. The number of nitrogens with zero attached hydrogens (tertiary/aromatic N) is 4. The second kappa shape index (κ2) is 10.3. The number of benzene rings is 2. The summed E-state index contributed by atoms with van der Waals surface area (Å²) < 4.78 is 0. The number of anilines is 3. The van der Waals surface area contributed by atoms with Crippen LogP contribution in [0.15, 0.2) is 60.7 Å². The Labute approximate surface area is 190 Å². The Morgan fingerprint density at radius 1 is 0.938 bits per heavy atom. The van der Waals surface area contributed by atoms with Crippen molar-refractivity contribution in [3.05, 3.63) is 77.5 Å². The van der Waals surface area contributed by atoms with Gasteiger partial charge in [-0.15, -0.1) is 0 Å². The van der Waals surface area contributed by atoms with Crippen LogP contribution in [0.4, 0.5) is 17.5 Å². The lowest BCUT2D eigenvalue weighted by Crippen LogP contribution is -2.49. The summed E-state index contributed by atoms with van der Waals surface area (Å²) in [5.41, 5.74) is 4.40. The first kappa shape index (κ1) is 21.8. The molecule has 0 unspecified atom stereocenters. The van der Waals surface area contributed by atoms with Crippen molar-refractivity contribution in [2.24, 2.45) is 0 Å². The average molecular weight is 430 g/mol. The number of piperazine rings is 1. The Bertz CT molecular complexity index is 1030. The van der Waals surface area contributed by atoms with Crippen LogP contribution >= 0.6 is 0 Å². The molecule has 1 N–H and O–H groups in total. The van der Waals surface area contributed by atoms with Crippen LogP contribution in [0.3, 0.4) is 0 Å². The summed E-state index contributed by atoms with van der Waals surface area (Å²) in [6.07, 6.45) is 2.44. The Morgan fingerprint density at radius 3 is 2.38 bits per heavy atom. The van der Waals surface area contributed by atoms with Gasteiger partial charge >= 0.3 is 0 Å². The van der Waals surface area contributed by atoms with E-state index in [2.05, 4.69) is 46.4 Å². The van der Waals surface area contributed by atoms with Crippen molar-refractivity contribution >= 4 is 23.4 Å². The predicted molar refractivity (Wildman–Crippen MR) is 129 cm³/mol. The standard InChI is InChI=1S/C26H31N5O/c1-20-11-13-23(14-12-20)28-26-27-21(2)19-24(29-26)30-15-17-31(18-16-30)25(32)10-6-9-22-7-4-3-5-8-22/h3-5,7-8,11-14,19H,6,9-10,15-18H2,1-2H3,(H,27,28,29). The zero-order valence-electron chi connectivity index (χ0n) is 18.9. The van der Waals surface area contributed by atoms with Crippen molar-refractivity contribution in [2.75, 3.05) is 36.4 Å². The van der Waals surface area contributed by atoms with Gasteiger partial charge in [0, 0.05) is 50.0 Å². The molecule has 1 saturated heterocycles. The molecule has 0 aliphatic carbocycles. The quantitative estimate of drug-likeness (QED) is 0.599. The molecule has 1 fully saturated rings. The summed E-state index contributed by atoms with van der Waals surface area (Å²) >= 11 is 0. The van der Waals surface area contributed by atoms with Crippen molar-refractivity contribution in [3.63, 3.8) is 0 Å². The van der Waals surface area contributed by atoms with Gasteiger partial charge in [0.05, 0.1) is 0 Å². The van der Waals surface area contributed by atoms with E-state index in [1.54, 1.807) is 0 Å². The summed E-state index contributed by atoms with van der Waals surface area (Å²) in [5, 5.41) is 3.30. The minimum absolute atomic E-state index is 0.251. The van der Waals surface area contributed by atoms with E-state index in [1.165, 1.54) is 11.1 Å². The fraction of sp³-hybridized carbons (Fsp3) is 0.346. The number of aryl methyl sites for hydroxylation is 3. The van der Waals surface area contributed by atoms with E-state index in [0.717, 1.165) is 56.2 Å². The molecular formula is C26H31N5O. The van der Waals surface area contributed by atoms with Gasteiger partial charge in [0.1, 0.15) is 5.82 Å². The lowest BCUT2D eigenvalue weighted by atomic mass is 10.1. The Morgan fingerprint density at radius 2 is 1.66 bits per heavy atom. The van der Waals surface area contributed by atoms with Crippen molar-refractivity contribution in [2.45, 2.75) is 33.1 Å². The Balaban J connectivity index is 1.30. The molecule has 0 spiro atoms. The largest absolute Gasteiger partial charge is 0.353 e. The highest BCUT2D eigenvalue weighted by molar-refractivity contribution is 5.76. The van der Waals surface area contributed by atoms with Crippen LogP contribution in [0, 0.1) is 13.8 Å². The van der Waals surface area contributed by atoms with E-state index in [0.29, 0.717) is 12.4 Å². The number of aromatic nitrogens is 2. The highest BCUT2D eigenvalue weighted by atomic mass is 16.2. The third-order valence-electron chi connectivity index (χ3n) is 5.80. The van der Waals surface area contributed by atoms with Gasteiger partial charge in [-0.25, -0.2) is 4.98 Å². The van der Waals surface area contributed by atoms with E-state index in [9.17, 15) is 4.79 Å². The maximum absolute atomic E-state index is 12.6. The van der Waals surface area contributed by atoms with Gasteiger partial charge < -0.3 is 15.1 Å². The van der Waals surface area contributed by atoms with Crippen LogP contribution in [0.1, 0.15) is 29.7 Å². The topological polar surface area (TPSA) is 61.4 Å². The fourth-order valence-electron chi connectivity index (χ4n) is 3.97. The monoisotopic (exact) mass is 429 g/mol. The summed E-state index contributed by atoms with van der Waals surface area (Å²) in [6.45, 7) is 7.08. The molecule has 2 aromatic carbocycles. The summed E-state index contributed by atoms with van der Waals surface area (Å²) in [7, 11) is 0. The second-order valence-electron chi connectivity index (χ2n) is 8.39. The van der Waals surface area contributed by atoms with E-state index in [-0.39, 0.29) is 5.91 Å². The molecule has 1 aliphatic rings. The molecule has 1 amide bonds. The zero-order chi connectivity index (χ0) is 22.3. The van der Waals surface area contributed by atoms with Crippen molar-refractivity contribution < 1.29 is 4.79 Å². The van der Waals surface area contributed by atoms with Crippen LogP contribution < -0.4 is 10.2 Å². The molecule has 1 aromatic heterocycles. The van der Waals surface area contributed by atoms with Crippen LogP contribution in [0.25, 0.3) is 0 Å². The highest BCUT2D eigenvalue weighted by Gasteiger charge is 2.22. The molecule has 2 heterocycles. The smallest absolute Gasteiger partial charge is 0.229 e. The van der Waals surface area contributed by atoms with Crippen LogP contribution in [-0.4, -0.2) is 47.0 Å². The molecule has 166 valence electrons. The number of amides is 1. The third kappa shape index (κ3) is 5.84. The lowest BCUT2D eigenvalue weighted by Gasteiger charge is -2.35. The maximum atomic E-state index is 12.6. The first-order valence-corrected chi connectivity index (χ1v) is 11.3. The second-order valence-corrected chi connectivity index (χ2v) is 8.39. The van der Waals surface area contributed by atoms with Gasteiger partial charge in [-0.2, -0.15) is 4.98 Å². The fourth-order valence-corrected chi connectivity index (χ4v) is 3.97. The van der Waals surface area contributed by atoms with Gasteiger partial charge in [0.25, 0.3) is 0 Å². The van der Waals surface area contributed by atoms with E-state index < -0.39 is 0 Å². The number of hydrogen-bond acceptors (Lipinski definition) is 5. The van der Waals surface area contributed by atoms with Crippen molar-refractivity contribution in [1.82, 2.24) is 14.9 Å². The molecule has 3 aromatic rings. The normalized spacial score (nSPS) is 13.8. The number of hydrogen-bond donors (Lipinski definition) is 1. The third-order valence-corrected chi connectivity index (χ3v) is 5.80. The predicted octanol–water partition coefficient (Wildman–Crippen LogP) is 4.51. The first-order chi connectivity index (χ1) is 15.6. The van der Waals surface area contributed by atoms with E-state index in [4.69, 9.17) is 4.98 Å². The minimum Gasteiger partial charge on any atom is -0.353 e. The van der Waals surface area contributed by atoms with E-state index in [1.807, 2.05) is 48.2 Å². The average Bonchev–Trinajstić information content (AvgIpc) is 2.81. The number of carbonyl (C=O) groups is 1. The number of nitrogens with one attached hydrogen (secondary N) is 1. The Kier molecular flexibility index (Phi) is 7.00. The van der Waals surface area contributed by atoms with Gasteiger partial charge in [0.2, 0.25) is 11.9 Å². The molecule has 4 rings (SSSR count). The molecule has 1 aliphatic heterocycles.